The van der Waals surface area contributed by atoms with Gasteiger partial charge in [0.1, 0.15) is 0 Å². The summed E-state index contributed by atoms with van der Waals surface area (Å²) in [5, 5.41) is 9.05. The molecule has 0 saturated carbocycles. The fourth-order valence-corrected chi connectivity index (χ4v) is 4.81. The lowest BCUT2D eigenvalue weighted by Gasteiger charge is -2.33. The van der Waals surface area contributed by atoms with Gasteiger partial charge in [0.25, 0.3) is 0 Å². The molecule has 144 valence electrons. The van der Waals surface area contributed by atoms with E-state index in [1.807, 2.05) is 0 Å². The van der Waals surface area contributed by atoms with Crippen molar-refractivity contribution in [2.24, 2.45) is 0 Å². The number of carboxylic acids is 1. The monoisotopic (exact) mass is 384 g/mol. The Balaban J connectivity index is 1.83. The highest BCUT2D eigenvalue weighted by Gasteiger charge is 2.32. The van der Waals surface area contributed by atoms with E-state index in [2.05, 4.69) is 0 Å². The molecule has 1 aromatic rings. The molecule has 1 N–H and O–H groups in total. The average Bonchev–Trinajstić information content (AvgIpc) is 3.16. The molecule has 0 aromatic heterocycles. The van der Waals surface area contributed by atoms with Crippen LogP contribution >= 0.6 is 0 Å². The van der Waals surface area contributed by atoms with Crippen LogP contribution in [-0.2, 0) is 19.7 Å². The molecule has 2 fully saturated rings. The SMILES string of the molecule is O=C(O)c1ccc(N(CCC2CCCO2)S(=O)(=O)N2CCOCC2)cc1. The van der Waals surface area contributed by atoms with Gasteiger partial charge in [-0.1, -0.05) is 0 Å². The number of benzene rings is 1. The van der Waals surface area contributed by atoms with Crippen LogP contribution in [0.5, 0.6) is 0 Å². The van der Waals surface area contributed by atoms with Gasteiger partial charge >= 0.3 is 16.2 Å². The van der Waals surface area contributed by atoms with Crippen molar-refractivity contribution in [3.63, 3.8) is 0 Å². The minimum Gasteiger partial charge on any atom is -0.478 e. The standard InChI is InChI=1S/C17H24N2O6S/c20-17(21)14-3-5-15(6-4-14)19(8-7-16-2-1-11-25-16)26(22,23)18-9-12-24-13-10-18/h3-6,16H,1-2,7-13H2,(H,20,21). The van der Waals surface area contributed by atoms with Crippen molar-refractivity contribution in [1.82, 2.24) is 4.31 Å². The van der Waals surface area contributed by atoms with Gasteiger partial charge in [-0.05, 0) is 43.5 Å². The zero-order chi connectivity index (χ0) is 18.6. The Kier molecular flexibility index (Phi) is 6.13. The van der Waals surface area contributed by atoms with Crippen LogP contribution in [0.1, 0.15) is 29.6 Å². The second kappa shape index (κ2) is 8.34. The van der Waals surface area contributed by atoms with Crippen LogP contribution in [0.25, 0.3) is 0 Å². The number of ether oxygens (including phenoxy) is 2. The van der Waals surface area contributed by atoms with E-state index >= 15 is 0 Å². The summed E-state index contributed by atoms with van der Waals surface area (Å²) in [6.07, 6.45) is 2.60. The highest BCUT2D eigenvalue weighted by molar-refractivity contribution is 7.90. The summed E-state index contributed by atoms with van der Waals surface area (Å²) in [6, 6.07) is 5.92. The van der Waals surface area contributed by atoms with E-state index in [-0.39, 0.29) is 18.2 Å². The van der Waals surface area contributed by atoms with Crippen molar-refractivity contribution in [3.05, 3.63) is 29.8 Å². The number of anilines is 1. The smallest absolute Gasteiger partial charge is 0.335 e. The van der Waals surface area contributed by atoms with E-state index < -0.39 is 16.2 Å². The molecule has 0 bridgehead atoms. The summed E-state index contributed by atoms with van der Waals surface area (Å²) >= 11 is 0. The van der Waals surface area contributed by atoms with Gasteiger partial charge in [-0.15, -0.1) is 0 Å². The Morgan fingerprint density at radius 2 is 1.88 bits per heavy atom. The van der Waals surface area contributed by atoms with E-state index in [0.29, 0.717) is 45.0 Å². The van der Waals surface area contributed by atoms with Crippen LogP contribution < -0.4 is 4.31 Å². The molecule has 8 nitrogen and oxygen atoms in total. The highest BCUT2D eigenvalue weighted by Crippen LogP contribution is 2.24. The molecular formula is C17H24N2O6S. The number of nitrogens with zero attached hydrogens (tertiary/aromatic N) is 2. The molecule has 2 heterocycles. The van der Waals surface area contributed by atoms with Crippen LogP contribution in [0.3, 0.4) is 0 Å². The number of carbonyl (C=O) groups is 1. The third-order valence-corrected chi connectivity index (χ3v) is 6.62. The molecule has 2 aliphatic rings. The van der Waals surface area contributed by atoms with Crippen molar-refractivity contribution in [2.75, 3.05) is 43.8 Å². The number of aromatic carboxylic acids is 1. The summed E-state index contributed by atoms with van der Waals surface area (Å²) in [5.41, 5.74) is 0.580. The molecule has 1 aromatic carbocycles. The van der Waals surface area contributed by atoms with Crippen molar-refractivity contribution >= 4 is 21.9 Å². The number of rotatable bonds is 7. The fourth-order valence-electron chi connectivity index (χ4n) is 3.20. The summed E-state index contributed by atoms with van der Waals surface area (Å²) in [7, 11) is -3.72. The van der Waals surface area contributed by atoms with Gasteiger partial charge in [0.15, 0.2) is 0 Å². The Morgan fingerprint density at radius 1 is 1.19 bits per heavy atom. The zero-order valence-corrected chi connectivity index (χ0v) is 15.4. The van der Waals surface area contributed by atoms with Crippen molar-refractivity contribution in [3.8, 4) is 0 Å². The predicted molar refractivity (Wildman–Crippen MR) is 95.7 cm³/mol. The maximum Gasteiger partial charge on any atom is 0.335 e. The van der Waals surface area contributed by atoms with Crippen LogP contribution in [0, 0.1) is 0 Å². The lowest BCUT2D eigenvalue weighted by Crippen LogP contribution is -2.49. The molecule has 1 atom stereocenters. The zero-order valence-electron chi connectivity index (χ0n) is 14.5. The van der Waals surface area contributed by atoms with E-state index in [9.17, 15) is 13.2 Å². The molecular weight excluding hydrogens is 360 g/mol. The molecule has 0 spiro atoms. The van der Waals surface area contributed by atoms with Gasteiger partial charge in [0.05, 0.1) is 30.6 Å². The Hall–Kier alpha value is -1.68. The maximum absolute atomic E-state index is 13.1. The minimum atomic E-state index is -3.72. The van der Waals surface area contributed by atoms with Gasteiger partial charge in [0, 0.05) is 26.2 Å². The highest BCUT2D eigenvalue weighted by atomic mass is 32.2. The van der Waals surface area contributed by atoms with Gasteiger partial charge in [-0.25, -0.2) is 4.79 Å². The molecule has 26 heavy (non-hydrogen) atoms. The Bertz CT molecular complexity index is 709. The second-order valence-corrected chi connectivity index (χ2v) is 8.22. The second-order valence-electron chi connectivity index (χ2n) is 6.37. The molecule has 9 heteroatoms. The first-order chi connectivity index (χ1) is 12.5. The Labute approximate surface area is 153 Å². The topological polar surface area (TPSA) is 96.4 Å². The lowest BCUT2D eigenvalue weighted by atomic mass is 10.1. The molecule has 2 aliphatic heterocycles. The van der Waals surface area contributed by atoms with E-state index in [0.717, 1.165) is 12.8 Å². The first-order valence-corrected chi connectivity index (χ1v) is 10.2. The molecule has 0 amide bonds. The predicted octanol–water partition coefficient (Wildman–Crippen LogP) is 1.34. The van der Waals surface area contributed by atoms with Gasteiger partial charge in [-0.3, -0.25) is 4.31 Å². The van der Waals surface area contributed by atoms with E-state index in [1.165, 1.54) is 32.9 Å². The van der Waals surface area contributed by atoms with Crippen molar-refractivity contribution in [1.29, 1.82) is 0 Å². The summed E-state index contributed by atoms with van der Waals surface area (Å²) in [6.45, 7) is 2.37. The molecule has 0 aliphatic carbocycles. The van der Waals surface area contributed by atoms with Gasteiger partial charge in [0.2, 0.25) is 0 Å². The number of hydrogen-bond donors (Lipinski definition) is 1. The fraction of sp³-hybridized carbons (Fsp3) is 0.588. The Morgan fingerprint density at radius 3 is 2.46 bits per heavy atom. The lowest BCUT2D eigenvalue weighted by molar-refractivity contribution is 0.0697. The normalized spacial score (nSPS) is 21.6. The number of carboxylic acid groups (broad SMARTS) is 1. The molecule has 2 saturated heterocycles. The van der Waals surface area contributed by atoms with E-state index in [1.54, 1.807) is 0 Å². The van der Waals surface area contributed by atoms with Crippen LogP contribution in [-0.4, -0.2) is 69.4 Å². The van der Waals surface area contributed by atoms with Crippen molar-refractivity contribution < 1.29 is 27.8 Å². The summed E-state index contributed by atoms with van der Waals surface area (Å²) in [5.74, 6) is -1.04. The maximum atomic E-state index is 13.1. The number of hydrogen-bond acceptors (Lipinski definition) is 5. The third kappa shape index (κ3) is 4.35. The van der Waals surface area contributed by atoms with Gasteiger partial charge < -0.3 is 14.6 Å². The minimum absolute atomic E-state index is 0.0654. The van der Waals surface area contributed by atoms with Crippen LogP contribution in [0.2, 0.25) is 0 Å². The molecule has 1 unspecified atom stereocenters. The number of morpholine rings is 1. The quantitative estimate of drug-likeness (QED) is 0.762. The third-order valence-electron chi connectivity index (χ3n) is 4.66. The van der Waals surface area contributed by atoms with Crippen LogP contribution in [0.15, 0.2) is 24.3 Å². The van der Waals surface area contributed by atoms with Gasteiger partial charge in [-0.2, -0.15) is 12.7 Å². The van der Waals surface area contributed by atoms with Crippen molar-refractivity contribution in [2.45, 2.75) is 25.4 Å². The average molecular weight is 384 g/mol. The first-order valence-electron chi connectivity index (χ1n) is 8.79. The van der Waals surface area contributed by atoms with Crippen LogP contribution in [0.4, 0.5) is 5.69 Å². The molecule has 0 radical (unpaired) electrons. The molecule has 3 rings (SSSR count). The summed E-state index contributed by atoms with van der Waals surface area (Å²) in [4.78, 5) is 11.1. The summed E-state index contributed by atoms with van der Waals surface area (Å²) < 4.78 is 39.9. The van der Waals surface area contributed by atoms with E-state index in [4.69, 9.17) is 14.6 Å². The largest absolute Gasteiger partial charge is 0.478 e. The first kappa shape index (κ1) is 19.1.